The summed E-state index contributed by atoms with van der Waals surface area (Å²) in [6.45, 7) is 10.5. The summed E-state index contributed by atoms with van der Waals surface area (Å²) in [4.78, 5) is 29.2. The van der Waals surface area contributed by atoms with Crippen LogP contribution in [0.25, 0.3) is 11.0 Å². The van der Waals surface area contributed by atoms with Gasteiger partial charge in [0.1, 0.15) is 17.9 Å². The number of alkyl halides is 2. The summed E-state index contributed by atoms with van der Waals surface area (Å²) in [5, 5.41) is 6.56. The summed E-state index contributed by atoms with van der Waals surface area (Å²) in [5.74, 6) is -0.584. The molecule has 2 aromatic carbocycles. The van der Waals surface area contributed by atoms with Crippen molar-refractivity contribution in [3.05, 3.63) is 45.4 Å². The molecule has 1 aromatic heterocycles. The Morgan fingerprint density at radius 1 is 1.15 bits per heavy atom. The lowest BCUT2D eigenvalue weighted by atomic mass is 9.95. The van der Waals surface area contributed by atoms with Crippen molar-refractivity contribution in [1.82, 2.24) is 14.9 Å². The first-order valence-corrected chi connectivity index (χ1v) is 13.2. The molecule has 0 aliphatic rings. The number of hydrogen-bond acceptors (Lipinski definition) is 6. The predicted molar refractivity (Wildman–Crippen MR) is 151 cm³/mol. The van der Waals surface area contributed by atoms with Crippen molar-refractivity contribution in [3.8, 4) is 5.75 Å². The van der Waals surface area contributed by atoms with Gasteiger partial charge in [0.2, 0.25) is 11.9 Å². The number of imidazole rings is 1. The van der Waals surface area contributed by atoms with Gasteiger partial charge in [0.05, 0.1) is 33.4 Å². The Morgan fingerprint density at radius 3 is 2.41 bits per heavy atom. The largest absolute Gasteiger partial charge is 0.487 e. The van der Waals surface area contributed by atoms with Crippen LogP contribution >= 0.6 is 23.2 Å². The molecular formula is C27H34Cl2F2N4O4. The second-order valence-electron chi connectivity index (χ2n) is 9.21. The van der Waals surface area contributed by atoms with Crippen LogP contribution in [-0.4, -0.2) is 41.1 Å². The Labute approximate surface area is 237 Å². The van der Waals surface area contributed by atoms with Crippen LogP contribution < -0.4 is 15.4 Å². The molecule has 0 radical (unpaired) electrons. The summed E-state index contributed by atoms with van der Waals surface area (Å²) in [6, 6.07) is 6.23. The van der Waals surface area contributed by atoms with Crippen molar-refractivity contribution in [3.63, 3.8) is 0 Å². The molecule has 0 aliphatic heterocycles. The minimum absolute atomic E-state index is 0.0210. The Balaban J connectivity index is 0.00000260. The van der Waals surface area contributed by atoms with Crippen LogP contribution in [-0.2, 0) is 23.1 Å². The van der Waals surface area contributed by atoms with E-state index >= 15 is 0 Å². The predicted octanol–water partition coefficient (Wildman–Crippen LogP) is 7.13. The molecule has 0 atom stereocenters. The van der Waals surface area contributed by atoms with E-state index in [0.29, 0.717) is 38.3 Å². The zero-order chi connectivity index (χ0) is 29.5. The lowest BCUT2D eigenvalue weighted by Gasteiger charge is -2.19. The van der Waals surface area contributed by atoms with Crippen molar-refractivity contribution in [2.45, 2.75) is 54.5 Å². The third-order valence-corrected chi connectivity index (χ3v) is 6.12. The topological polar surface area (TPSA) is 94.5 Å². The Bertz CT molecular complexity index is 1320. The van der Waals surface area contributed by atoms with E-state index in [2.05, 4.69) is 15.6 Å². The number of aromatic nitrogens is 2. The summed E-state index contributed by atoms with van der Waals surface area (Å²) >= 11 is 13.0. The van der Waals surface area contributed by atoms with Gasteiger partial charge in [-0.3, -0.25) is 4.79 Å². The summed E-state index contributed by atoms with van der Waals surface area (Å²) in [5.41, 5.74) is 1.31. The zero-order valence-electron chi connectivity index (χ0n) is 23.0. The molecule has 3 rings (SSSR count). The maximum atomic E-state index is 12.8. The first-order valence-electron chi connectivity index (χ1n) is 12.4. The van der Waals surface area contributed by atoms with E-state index in [1.54, 1.807) is 30.7 Å². The number of carbonyl (C=O) groups is 2. The van der Waals surface area contributed by atoms with Crippen LogP contribution in [0, 0.1) is 5.41 Å². The molecule has 0 saturated carbocycles. The van der Waals surface area contributed by atoms with Gasteiger partial charge in [-0.25, -0.2) is 18.6 Å². The highest BCUT2D eigenvalue weighted by Gasteiger charge is 2.23. The number of hydrogen-bond donors (Lipinski definition) is 2. The van der Waals surface area contributed by atoms with Crippen molar-refractivity contribution in [2.75, 3.05) is 18.5 Å². The maximum Gasteiger partial charge on any atom is 0.341 e. The molecule has 214 valence electrons. The van der Waals surface area contributed by atoms with Gasteiger partial charge >= 0.3 is 5.97 Å². The molecule has 1 heterocycles. The second kappa shape index (κ2) is 13.8. The average molecular weight is 587 g/mol. The van der Waals surface area contributed by atoms with E-state index in [0.717, 1.165) is 0 Å². The fraction of sp³-hybridized carbons (Fsp3) is 0.444. The third kappa shape index (κ3) is 7.95. The molecule has 0 bridgehead atoms. The van der Waals surface area contributed by atoms with Crippen LogP contribution in [0.15, 0.2) is 24.3 Å². The standard InChI is InChI=1S/C25H28Cl2F2N4O4.C2H6/c1-6-36-22(34)14-9-16-17(10-18(14)37-12-19(28)29)33(5)24(31-16)32-21-15(26)8-7-13(20(21)27)11-30-23(35)25(2,3)4;1-2/h7-10,19H,6,11-12H2,1-5H3,(H,30,35)(H,31,32);1-2H3. The molecule has 8 nitrogen and oxygen atoms in total. The van der Waals surface area contributed by atoms with E-state index in [-0.39, 0.29) is 30.4 Å². The average Bonchev–Trinajstić information content (AvgIpc) is 3.18. The maximum absolute atomic E-state index is 12.8. The monoisotopic (exact) mass is 586 g/mol. The molecule has 0 spiro atoms. The minimum Gasteiger partial charge on any atom is -0.487 e. The van der Waals surface area contributed by atoms with Crippen molar-refractivity contribution in [1.29, 1.82) is 0 Å². The summed E-state index contributed by atoms with van der Waals surface area (Å²) in [6.07, 6.45) is -2.72. The van der Waals surface area contributed by atoms with Crippen molar-refractivity contribution < 1.29 is 27.8 Å². The zero-order valence-corrected chi connectivity index (χ0v) is 24.6. The van der Waals surface area contributed by atoms with Crippen LogP contribution in [0.5, 0.6) is 5.75 Å². The second-order valence-corrected chi connectivity index (χ2v) is 9.99. The molecule has 39 heavy (non-hydrogen) atoms. The number of amides is 1. The number of ether oxygens (including phenoxy) is 2. The third-order valence-electron chi connectivity index (χ3n) is 5.37. The van der Waals surface area contributed by atoms with Crippen LogP contribution in [0.4, 0.5) is 20.4 Å². The number of fused-ring (bicyclic) bond motifs is 1. The van der Waals surface area contributed by atoms with E-state index in [1.807, 2.05) is 34.6 Å². The van der Waals surface area contributed by atoms with Gasteiger partial charge in [-0.05, 0) is 24.6 Å². The molecule has 0 fully saturated rings. The van der Waals surface area contributed by atoms with Gasteiger partial charge in [0.25, 0.3) is 6.43 Å². The number of benzene rings is 2. The van der Waals surface area contributed by atoms with Gasteiger partial charge in [-0.2, -0.15) is 0 Å². The van der Waals surface area contributed by atoms with Gasteiger partial charge in [0, 0.05) is 25.1 Å². The Kier molecular flexibility index (Phi) is 11.4. The van der Waals surface area contributed by atoms with Crippen LogP contribution in [0.2, 0.25) is 10.0 Å². The molecular weight excluding hydrogens is 553 g/mol. The first kappa shape index (κ1) is 32.1. The van der Waals surface area contributed by atoms with Gasteiger partial charge in [-0.15, -0.1) is 0 Å². The van der Waals surface area contributed by atoms with Crippen LogP contribution in [0.1, 0.15) is 57.5 Å². The fourth-order valence-corrected chi connectivity index (χ4v) is 3.90. The number of nitrogens with zero attached hydrogens (tertiary/aromatic N) is 2. The first-order chi connectivity index (χ1) is 18.3. The van der Waals surface area contributed by atoms with Crippen molar-refractivity contribution >= 4 is 57.7 Å². The molecule has 1 amide bonds. The van der Waals surface area contributed by atoms with E-state index < -0.39 is 24.4 Å². The molecule has 2 N–H and O–H groups in total. The highest BCUT2D eigenvalue weighted by Crippen LogP contribution is 2.37. The number of anilines is 2. The van der Waals surface area contributed by atoms with Gasteiger partial charge in [-0.1, -0.05) is 63.9 Å². The SMILES string of the molecule is CC.CCOC(=O)c1cc2nc(Nc3c(Cl)ccc(CNC(=O)C(C)(C)C)c3Cl)n(C)c2cc1OCC(F)F. The Morgan fingerprint density at radius 2 is 1.82 bits per heavy atom. The van der Waals surface area contributed by atoms with Crippen LogP contribution in [0.3, 0.4) is 0 Å². The quantitative estimate of drug-likeness (QED) is 0.259. The number of nitrogens with one attached hydrogen (secondary N) is 2. The molecule has 0 aliphatic carbocycles. The van der Waals surface area contributed by atoms with Gasteiger partial charge in [0.15, 0.2) is 0 Å². The van der Waals surface area contributed by atoms with E-state index in [4.69, 9.17) is 32.7 Å². The highest BCUT2D eigenvalue weighted by molar-refractivity contribution is 6.39. The fourth-order valence-electron chi connectivity index (χ4n) is 3.37. The number of aryl methyl sites for hydroxylation is 1. The Hall–Kier alpha value is -3.11. The normalized spacial score (nSPS) is 11.2. The number of rotatable bonds is 9. The number of carbonyl (C=O) groups excluding carboxylic acids is 2. The lowest BCUT2D eigenvalue weighted by Crippen LogP contribution is -2.34. The summed E-state index contributed by atoms with van der Waals surface area (Å²) in [7, 11) is 1.69. The number of halogens is 4. The molecule has 0 unspecified atom stereocenters. The minimum atomic E-state index is -2.72. The highest BCUT2D eigenvalue weighted by atomic mass is 35.5. The molecule has 0 saturated heterocycles. The lowest BCUT2D eigenvalue weighted by molar-refractivity contribution is -0.128. The smallest absolute Gasteiger partial charge is 0.341 e. The number of esters is 1. The van der Waals surface area contributed by atoms with E-state index in [9.17, 15) is 18.4 Å². The molecule has 3 aromatic rings. The molecule has 12 heteroatoms. The summed E-state index contributed by atoms with van der Waals surface area (Å²) < 4.78 is 37.5. The van der Waals surface area contributed by atoms with E-state index in [1.165, 1.54) is 12.1 Å². The van der Waals surface area contributed by atoms with Crippen molar-refractivity contribution in [2.24, 2.45) is 12.5 Å². The van der Waals surface area contributed by atoms with Gasteiger partial charge < -0.3 is 24.7 Å².